The topological polar surface area (TPSA) is 0 Å². The van der Waals surface area contributed by atoms with Gasteiger partial charge >= 0.3 is 0 Å². The molecule has 0 saturated heterocycles. The molecule has 0 heterocycles. The smallest absolute Gasteiger partial charge is 0.00979 e. The summed E-state index contributed by atoms with van der Waals surface area (Å²) in [6, 6.07) is 10.2. The maximum absolute atomic E-state index is 4.15. The first kappa shape index (κ1) is 17.3. The van der Waals surface area contributed by atoms with E-state index < -0.39 is 0 Å². The Morgan fingerprint density at radius 3 is 2.00 bits per heavy atom. The molecular formula is C17H28S. The zero-order chi connectivity index (χ0) is 13.6. The van der Waals surface area contributed by atoms with Crippen LogP contribution in [0.4, 0.5) is 0 Å². The van der Waals surface area contributed by atoms with E-state index in [2.05, 4.69) is 38.3 Å². The highest BCUT2D eigenvalue weighted by Gasteiger charge is 1.86. The summed E-state index contributed by atoms with van der Waals surface area (Å²) in [6.07, 6.45) is 8.27. The van der Waals surface area contributed by atoms with E-state index >= 15 is 0 Å². The maximum Gasteiger partial charge on any atom is -0.00979 e. The molecule has 0 saturated carbocycles. The highest BCUT2D eigenvalue weighted by atomic mass is 32.1. The molecule has 1 rings (SSSR count). The van der Waals surface area contributed by atoms with Gasteiger partial charge in [0.25, 0.3) is 0 Å². The minimum Gasteiger partial charge on any atom is -0.179 e. The molecule has 0 aromatic heterocycles. The lowest BCUT2D eigenvalue weighted by atomic mass is 10.1. The van der Waals surface area contributed by atoms with Gasteiger partial charge in [0.1, 0.15) is 0 Å². The van der Waals surface area contributed by atoms with Crippen molar-refractivity contribution in [2.24, 2.45) is 0 Å². The van der Waals surface area contributed by atoms with Gasteiger partial charge in [-0.2, -0.15) is 12.6 Å². The quantitative estimate of drug-likeness (QED) is 0.453. The van der Waals surface area contributed by atoms with E-state index in [1.165, 1.54) is 44.1 Å². The number of allylic oxidation sites excluding steroid dienone is 1. The Bertz CT molecular complexity index is 284. The molecule has 0 unspecified atom stereocenters. The third-order valence-corrected chi connectivity index (χ3v) is 3.09. The van der Waals surface area contributed by atoms with E-state index in [-0.39, 0.29) is 0 Å². The van der Waals surface area contributed by atoms with Crippen LogP contribution in [0, 0.1) is 0 Å². The summed E-state index contributed by atoms with van der Waals surface area (Å²) in [6.45, 7) is 8.08. The zero-order valence-electron chi connectivity index (χ0n) is 12.0. The van der Waals surface area contributed by atoms with Crippen LogP contribution in [0.15, 0.2) is 36.9 Å². The van der Waals surface area contributed by atoms with Crippen molar-refractivity contribution < 1.29 is 0 Å². The first-order chi connectivity index (χ1) is 8.72. The van der Waals surface area contributed by atoms with Crippen LogP contribution in [0.3, 0.4) is 0 Å². The summed E-state index contributed by atoms with van der Waals surface area (Å²) in [7, 11) is 0. The van der Waals surface area contributed by atoms with Crippen molar-refractivity contribution in [2.45, 2.75) is 52.4 Å². The van der Waals surface area contributed by atoms with E-state index in [4.69, 9.17) is 0 Å². The van der Waals surface area contributed by atoms with Crippen molar-refractivity contribution in [3.8, 4) is 0 Å². The third kappa shape index (κ3) is 10.5. The van der Waals surface area contributed by atoms with Gasteiger partial charge in [0, 0.05) is 0 Å². The first-order valence-corrected chi connectivity index (χ1v) is 7.67. The number of hydrogen-bond donors (Lipinski definition) is 1. The number of benzene rings is 1. The van der Waals surface area contributed by atoms with Crippen molar-refractivity contribution in [1.29, 1.82) is 0 Å². The second-order valence-electron chi connectivity index (χ2n) is 4.64. The summed E-state index contributed by atoms with van der Waals surface area (Å²) < 4.78 is 0. The summed E-state index contributed by atoms with van der Waals surface area (Å²) >= 11 is 4.15. The van der Waals surface area contributed by atoms with Crippen LogP contribution < -0.4 is 0 Å². The average molecular weight is 264 g/mol. The molecule has 0 nitrogen and oxygen atoms in total. The van der Waals surface area contributed by atoms with Crippen molar-refractivity contribution in [1.82, 2.24) is 0 Å². The predicted octanol–water partition coefficient (Wildman–Crippen LogP) is 6.00. The van der Waals surface area contributed by atoms with Crippen LogP contribution >= 0.6 is 12.6 Å². The minimum absolute atomic E-state index is 1.06. The Hall–Kier alpha value is -0.690. The predicted molar refractivity (Wildman–Crippen MR) is 88.4 cm³/mol. The molecule has 0 spiro atoms. The van der Waals surface area contributed by atoms with Crippen molar-refractivity contribution >= 4 is 18.2 Å². The molecule has 0 aliphatic carbocycles. The summed E-state index contributed by atoms with van der Waals surface area (Å²) in [4.78, 5) is 0. The van der Waals surface area contributed by atoms with Crippen LogP contribution in [0.25, 0.3) is 5.57 Å². The van der Waals surface area contributed by atoms with Gasteiger partial charge in [-0.05, 0) is 24.7 Å². The summed E-state index contributed by atoms with van der Waals surface area (Å²) in [5, 5.41) is 0. The average Bonchev–Trinajstić information content (AvgIpc) is 2.40. The molecule has 1 aromatic rings. The molecule has 0 aliphatic rings. The molecule has 0 bridgehead atoms. The molecule has 0 fully saturated rings. The Labute approximate surface area is 119 Å². The third-order valence-electron chi connectivity index (χ3n) is 2.78. The number of thiol groups is 1. The highest BCUT2D eigenvalue weighted by molar-refractivity contribution is 7.80. The molecular weight excluding hydrogens is 236 g/mol. The standard InChI is InChI=1S/C9H10.C8H18S/c1-8(2)9-6-4-3-5-7-9;1-2-3-4-5-6-7-8-9/h3-7H,1H2,2H3;9H,2-8H2,1H3. The fourth-order valence-corrected chi connectivity index (χ4v) is 1.84. The normalized spacial score (nSPS) is 9.50. The maximum atomic E-state index is 4.15. The Morgan fingerprint density at radius 1 is 1.00 bits per heavy atom. The van der Waals surface area contributed by atoms with E-state index in [0.717, 1.165) is 11.3 Å². The molecule has 0 atom stereocenters. The summed E-state index contributed by atoms with van der Waals surface area (Å²) in [5.41, 5.74) is 2.34. The van der Waals surface area contributed by atoms with Crippen LogP contribution in [0.1, 0.15) is 57.9 Å². The second-order valence-corrected chi connectivity index (χ2v) is 5.08. The monoisotopic (exact) mass is 264 g/mol. The van der Waals surface area contributed by atoms with E-state index in [1.54, 1.807) is 0 Å². The van der Waals surface area contributed by atoms with Crippen LogP contribution in [-0.4, -0.2) is 5.75 Å². The molecule has 1 heteroatoms. The molecule has 0 amide bonds. The van der Waals surface area contributed by atoms with Gasteiger partial charge in [-0.25, -0.2) is 0 Å². The fourth-order valence-electron chi connectivity index (χ4n) is 1.61. The van der Waals surface area contributed by atoms with Crippen molar-refractivity contribution in [2.75, 3.05) is 5.75 Å². The fraction of sp³-hybridized carbons (Fsp3) is 0.529. The number of rotatable bonds is 7. The number of unbranched alkanes of at least 4 members (excludes halogenated alkanes) is 5. The lowest BCUT2D eigenvalue weighted by Gasteiger charge is -1.95. The largest absolute Gasteiger partial charge is 0.179 e. The highest BCUT2D eigenvalue weighted by Crippen LogP contribution is 2.08. The van der Waals surface area contributed by atoms with Gasteiger partial charge in [-0.1, -0.05) is 81.5 Å². The van der Waals surface area contributed by atoms with E-state index in [9.17, 15) is 0 Å². The Kier molecular flexibility index (Phi) is 12.3. The zero-order valence-corrected chi connectivity index (χ0v) is 12.9. The van der Waals surface area contributed by atoms with Crippen LogP contribution in [0.5, 0.6) is 0 Å². The van der Waals surface area contributed by atoms with Crippen molar-refractivity contribution in [3.05, 3.63) is 42.5 Å². The van der Waals surface area contributed by atoms with E-state index in [0.29, 0.717) is 0 Å². The van der Waals surface area contributed by atoms with Gasteiger partial charge in [-0.3, -0.25) is 0 Å². The van der Waals surface area contributed by atoms with Gasteiger partial charge in [0.15, 0.2) is 0 Å². The second kappa shape index (κ2) is 12.8. The molecule has 0 N–H and O–H groups in total. The first-order valence-electron chi connectivity index (χ1n) is 7.04. The van der Waals surface area contributed by atoms with Crippen molar-refractivity contribution in [3.63, 3.8) is 0 Å². The van der Waals surface area contributed by atoms with Crippen LogP contribution in [-0.2, 0) is 0 Å². The lowest BCUT2D eigenvalue weighted by molar-refractivity contribution is 0.627. The van der Waals surface area contributed by atoms with Gasteiger partial charge < -0.3 is 0 Å². The molecule has 1 aromatic carbocycles. The number of hydrogen-bond acceptors (Lipinski definition) is 1. The summed E-state index contributed by atoms with van der Waals surface area (Å²) in [5.74, 6) is 1.06. The lowest BCUT2D eigenvalue weighted by Crippen LogP contribution is -1.78. The molecule has 18 heavy (non-hydrogen) atoms. The Morgan fingerprint density at radius 2 is 1.56 bits per heavy atom. The van der Waals surface area contributed by atoms with Crippen LogP contribution in [0.2, 0.25) is 0 Å². The molecule has 102 valence electrons. The van der Waals surface area contributed by atoms with Gasteiger partial charge in [0.2, 0.25) is 0 Å². The SMILES string of the molecule is C=C(C)c1ccccc1.CCCCCCCCS. The Balaban J connectivity index is 0.000000321. The van der Waals surface area contributed by atoms with E-state index in [1.807, 2.05) is 25.1 Å². The molecule has 0 aliphatic heterocycles. The minimum atomic E-state index is 1.06. The van der Waals surface area contributed by atoms with Gasteiger partial charge in [0.05, 0.1) is 0 Å². The molecule has 0 radical (unpaired) electrons. The van der Waals surface area contributed by atoms with Gasteiger partial charge in [-0.15, -0.1) is 0 Å².